The molecule has 1 N–H and O–H groups in total. The zero-order chi connectivity index (χ0) is 15.4. The van der Waals surface area contributed by atoms with Crippen LogP contribution in [0.4, 0.5) is 0 Å². The number of ether oxygens (including phenoxy) is 1. The van der Waals surface area contributed by atoms with Gasteiger partial charge in [-0.05, 0) is 18.4 Å². The van der Waals surface area contributed by atoms with E-state index in [4.69, 9.17) is 0 Å². The van der Waals surface area contributed by atoms with Gasteiger partial charge in [0.25, 0.3) is 5.91 Å². The van der Waals surface area contributed by atoms with E-state index >= 15 is 0 Å². The Bertz CT molecular complexity index is 681. The van der Waals surface area contributed by atoms with Gasteiger partial charge in [-0.15, -0.1) is 0 Å². The van der Waals surface area contributed by atoms with Gasteiger partial charge < -0.3 is 14.7 Å². The number of phenolic OH excluding ortho intramolecular Hbond substituents is 1. The standard InChI is InChI=1S/C16H17NO4/c1-3-17(10-14(18)21-2)16(20)13-9-8-11-6-4-5-7-12(11)15(13)19/h4-9,19H,3,10H2,1-2H3. The van der Waals surface area contributed by atoms with Crippen LogP contribution in [0.5, 0.6) is 5.75 Å². The molecule has 2 aromatic rings. The maximum Gasteiger partial charge on any atom is 0.325 e. The van der Waals surface area contributed by atoms with E-state index in [9.17, 15) is 14.7 Å². The van der Waals surface area contributed by atoms with E-state index in [0.717, 1.165) is 5.39 Å². The highest BCUT2D eigenvalue weighted by molar-refractivity contribution is 6.04. The predicted octanol–water partition coefficient (Wildman–Crippen LogP) is 2.18. The number of carbonyl (C=O) groups excluding carboxylic acids is 2. The minimum absolute atomic E-state index is 0.0681. The summed E-state index contributed by atoms with van der Waals surface area (Å²) in [6, 6.07) is 10.6. The summed E-state index contributed by atoms with van der Waals surface area (Å²) in [5, 5.41) is 11.8. The Balaban J connectivity index is 2.38. The molecule has 2 rings (SSSR count). The summed E-state index contributed by atoms with van der Waals surface area (Å²) in [6.07, 6.45) is 0. The molecule has 5 heteroatoms. The molecule has 0 aliphatic rings. The summed E-state index contributed by atoms with van der Waals surface area (Å²) in [4.78, 5) is 25.1. The first kappa shape index (κ1) is 14.8. The van der Waals surface area contributed by atoms with E-state index in [1.807, 2.05) is 12.1 Å². The molecular formula is C16H17NO4. The van der Waals surface area contributed by atoms with E-state index in [0.29, 0.717) is 11.9 Å². The van der Waals surface area contributed by atoms with Crippen molar-refractivity contribution in [3.63, 3.8) is 0 Å². The van der Waals surface area contributed by atoms with Crippen LogP contribution in [-0.4, -0.2) is 42.1 Å². The molecule has 110 valence electrons. The van der Waals surface area contributed by atoms with Gasteiger partial charge in [0.2, 0.25) is 0 Å². The zero-order valence-corrected chi connectivity index (χ0v) is 12.0. The molecule has 0 saturated heterocycles. The lowest BCUT2D eigenvalue weighted by Gasteiger charge is -2.20. The van der Waals surface area contributed by atoms with Crippen LogP contribution in [0.2, 0.25) is 0 Å². The monoisotopic (exact) mass is 287 g/mol. The van der Waals surface area contributed by atoms with Crippen LogP contribution < -0.4 is 0 Å². The van der Waals surface area contributed by atoms with Gasteiger partial charge in [0, 0.05) is 11.9 Å². The normalized spacial score (nSPS) is 10.4. The molecule has 0 fully saturated rings. The summed E-state index contributed by atoms with van der Waals surface area (Å²) in [5.74, 6) is -0.960. The fourth-order valence-corrected chi connectivity index (χ4v) is 2.15. The molecule has 0 heterocycles. The van der Waals surface area contributed by atoms with Gasteiger partial charge in [0.05, 0.1) is 12.7 Å². The third kappa shape index (κ3) is 2.97. The number of carbonyl (C=O) groups is 2. The number of phenols is 1. The third-order valence-electron chi connectivity index (χ3n) is 3.35. The van der Waals surface area contributed by atoms with Crippen molar-refractivity contribution in [1.29, 1.82) is 0 Å². The zero-order valence-electron chi connectivity index (χ0n) is 12.0. The van der Waals surface area contributed by atoms with Gasteiger partial charge in [0.1, 0.15) is 12.3 Å². The average Bonchev–Trinajstić information content (AvgIpc) is 2.52. The van der Waals surface area contributed by atoms with Crippen molar-refractivity contribution >= 4 is 22.6 Å². The number of hydrogen-bond donors (Lipinski definition) is 1. The Morgan fingerprint density at radius 3 is 2.57 bits per heavy atom. The SMILES string of the molecule is CCN(CC(=O)OC)C(=O)c1ccc2ccccc2c1O. The lowest BCUT2D eigenvalue weighted by Crippen LogP contribution is -2.36. The second kappa shape index (κ2) is 6.26. The third-order valence-corrected chi connectivity index (χ3v) is 3.35. The molecule has 0 bridgehead atoms. The van der Waals surface area contributed by atoms with Gasteiger partial charge in [-0.25, -0.2) is 0 Å². The maximum atomic E-state index is 12.4. The first-order valence-electron chi connectivity index (χ1n) is 6.65. The van der Waals surface area contributed by atoms with E-state index in [1.54, 1.807) is 31.2 Å². The Kier molecular flexibility index (Phi) is 4.42. The number of methoxy groups -OCH3 is 1. The average molecular weight is 287 g/mol. The number of amides is 1. The quantitative estimate of drug-likeness (QED) is 0.875. The number of esters is 1. The molecule has 2 aromatic carbocycles. The molecule has 0 saturated carbocycles. The van der Waals surface area contributed by atoms with Crippen molar-refractivity contribution in [2.24, 2.45) is 0 Å². The number of rotatable bonds is 4. The topological polar surface area (TPSA) is 66.8 Å². The van der Waals surface area contributed by atoms with Crippen LogP contribution in [-0.2, 0) is 9.53 Å². The highest BCUT2D eigenvalue weighted by Gasteiger charge is 2.21. The summed E-state index contributed by atoms with van der Waals surface area (Å²) in [7, 11) is 1.27. The number of nitrogens with zero attached hydrogens (tertiary/aromatic N) is 1. The largest absolute Gasteiger partial charge is 0.506 e. The van der Waals surface area contributed by atoms with Gasteiger partial charge in [0.15, 0.2) is 0 Å². The number of likely N-dealkylation sites (N-methyl/N-ethyl adjacent to an activating group) is 1. The van der Waals surface area contributed by atoms with E-state index in [-0.39, 0.29) is 17.9 Å². The Labute approximate surface area is 122 Å². The Morgan fingerprint density at radius 1 is 1.19 bits per heavy atom. The maximum absolute atomic E-state index is 12.4. The second-order valence-electron chi connectivity index (χ2n) is 4.58. The van der Waals surface area contributed by atoms with Gasteiger partial charge in [-0.3, -0.25) is 9.59 Å². The first-order chi connectivity index (χ1) is 10.1. The molecule has 5 nitrogen and oxygen atoms in total. The highest BCUT2D eigenvalue weighted by atomic mass is 16.5. The van der Waals surface area contributed by atoms with Crippen LogP contribution in [0.1, 0.15) is 17.3 Å². The van der Waals surface area contributed by atoms with Crippen molar-refractivity contribution in [2.45, 2.75) is 6.92 Å². The number of benzene rings is 2. The van der Waals surface area contributed by atoms with E-state index < -0.39 is 11.9 Å². The minimum Gasteiger partial charge on any atom is -0.506 e. The summed E-state index contributed by atoms with van der Waals surface area (Å²) in [5.41, 5.74) is 0.180. The summed E-state index contributed by atoms with van der Waals surface area (Å²) in [6.45, 7) is 1.97. The van der Waals surface area contributed by atoms with Crippen LogP contribution >= 0.6 is 0 Å². The van der Waals surface area contributed by atoms with E-state index in [1.165, 1.54) is 12.0 Å². The highest BCUT2D eigenvalue weighted by Crippen LogP contribution is 2.29. The molecule has 0 aliphatic carbocycles. The van der Waals surface area contributed by atoms with Gasteiger partial charge in [-0.2, -0.15) is 0 Å². The number of fused-ring (bicyclic) bond motifs is 1. The lowest BCUT2D eigenvalue weighted by molar-refractivity contribution is -0.141. The molecule has 0 unspecified atom stereocenters. The van der Waals surface area contributed by atoms with Crippen molar-refractivity contribution in [3.05, 3.63) is 42.0 Å². The van der Waals surface area contributed by atoms with Crippen molar-refractivity contribution in [2.75, 3.05) is 20.2 Å². The van der Waals surface area contributed by atoms with Crippen LogP contribution in [0, 0.1) is 0 Å². The van der Waals surface area contributed by atoms with Crippen LogP contribution in [0.15, 0.2) is 36.4 Å². The molecular weight excluding hydrogens is 270 g/mol. The lowest BCUT2D eigenvalue weighted by atomic mass is 10.0. The summed E-state index contributed by atoms with van der Waals surface area (Å²) < 4.78 is 4.57. The molecule has 0 spiro atoms. The van der Waals surface area contributed by atoms with Crippen LogP contribution in [0.25, 0.3) is 10.8 Å². The van der Waals surface area contributed by atoms with Crippen LogP contribution in [0.3, 0.4) is 0 Å². The van der Waals surface area contributed by atoms with Gasteiger partial charge in [-0.1, -0.05) is 30.3 Å². The molecule has 0 aliphatic heterocycles. The predicted molar refractivity (Wildman–Crippen MR) is 79.2 cm³/mol. The van der Waals surface area contributed by atoms with Crippen molar-refractivity contribution in [3.8, 4) is 5.75 Å². The van der Waals surface area contributed by atoms with Crippen molar-refractivity contribution in [1.82, 2.24) is 4.90 Å². The molecule has 1 amide bonds. The molecule has 0 atom stereocenters. The Morgan fingerprint density at radius 2 is 1.90 bits per heavy atom. The molecule has 0 radical (unpaired) electrons. The number of aromatic hydroxyl groups is 1. The van der Waals surface area contributed by atoms with Crippen molar-refractivity contribution < 1.29 is 19.4 Å². The number of hydrogen-bond acceptors (Lipinski definition) is 4. The Hall–Kier alpha value is -2.56. The summed E-state index contributed by atoms with van der Waals surface area (Å²) >= 11 is 0. The molecule has 0 aromatic heterocycles. The van der Waals surface area contributed by atoms with Gasteiger partial charge >= 0.3 is 5.97 Å². The first-order valence-corrected chi connectivity index (χ1v) is 6.65. The molecule has 21 heavy (non-hydrogen) atoms. The van der Waals surface area contributed by atoms with E-state index in [2.05, 4.69) is 4.74 Å². The second-order valence-corrected chi connectivity index (χ2v) is 4.58. The minimum atomic E-state index is -0.495. The fourth-order valence-electron chi connectivity index (χ4n) is 2.15. The fraction of sp³-hybridized carbons (Fsp3) is 0.250. The smallest absolute Gasteiger partial charge is 0.325 e.